The van der Waals surface area contributed by atoms with Crippen LogP contribution in [0.2, 0.25) is 0 Å². The number of hydrogen-bond donors (Lipinski definition) is 1. The molecule has 1 aliphatic heterocycles. The van der Waals surface area contributed by atoms with Crippen LogP contribution in [0.15, 0.2) is 72.8 Å². The van der Waals surface area contributed by atoms with Crippen LogP contribution in [-0.2, 0) is 22.7 Å². The average Bonchev–Trinajstić information content (AvgIpc) is 3.31. The van der Waals surface area contributed by atoms with E-state index in [1.807, 2.05) is 66.9 Å². The first-order valence-corrected chi connectivity index (χ1v) is 12.5. The minimum atomic E-state index is -0.697. The molecular weight excluding hydrogens is 482 g/mol. The predicted molar refractivity (Wildman–Crippen MR) is 144 cm³/mol. The average molecular weight is 512 g/mol. The van der Waals surface area contributed by atoms with Crippen molar-refractivity contribution in [3.63, 3.8) is 0 Å². The Morgan fingerprint density at radius 2 is 1.74 bits per heavy atom. The Morgan fingerprint density at radius 1 is 0.974 bits per heavy atom. The summed E-state index contributed by atoms with van der Waals surface area (Å²) in [6.45, 7) is 6.02. The third kappa shape index (κ3) is 5.76. The van der Waals surface area contributed by atoms with Gasteiger partial charge in [-0.1, -0.05) is 30.3 Å². The van der Waals surface area contributed by atoms with E-state index >= 15 is 0 Å². The quantitative estimate of drug-likeness (QED) is 0.194. The van der Waals surface area contributed by atoms with Gasteiger partial charge in [0.05, 0.1) is 13.2 Å². The van der Waals surface area contributed by atoms with Gasteiger partial charge in [0.2, 0.25) is 5.88 Å². The third-order valence-electron chi connectivity index (χ3n) is 6.19. The number of carbonyl (C=O) groups excluding carboxylic acids is 2. The van der Waals surface area contributed by atoms with E-state index in [0.717, 1.165) is 28.1 Å². The van der Waals surface area contributed by atoms with E-state index in [-0.39, 0.29) is 0 Å². The molecule has 0 radical (unpaired) electrons. The number of aryl methyl sites for hydroxylation is 2. The fraction of sp³-hybridized carbons (Fsp3) is 0.233. The number of fused-ring (bicyclic) bond motifs is 1. The largest absolute Gasteiger partial charge is 0.490 e. The molecule has 0 saturated heterocycles. The molecule has 8 nitrogen and oxygen atoms in total. The SMILES string of the molecule is Cc1cc(C)nc(OCCOc2ccc(NC(=O)C(=O)c3c(-c4ccccc4)cc4n3CCOC4)cc2)c1. The van der Waals surface area contributed by atoms with Gasteiger partial charge in [-0.05, 0) is 61.4 Å². The van der Waals surface area contributed by atoms with Crippen molar-refractivity contribution in [3.8, 4) is 22.8 Å². The van der Waals surface area contributed by atoms with Crippen molar-refractivity contribution in [3.05, 3.63) is 95.4 Å². The summed E-state index contributed by atoms with van der Waals surface area (Å²) in [5, 5.41) is 2.72. The molecule has 3 heterocycles. The number of nitrogens with one attached hydrogen (secondary N) is 1. The molecule has 38 heavy (non-hydrogen) atoms. The summed E-state index contributed by atoms with van der Waals surface area (Å²) < 4.78 is 18.8. The Bertz CT molecular complexity index is 1420. The predicted octanol–water partition coefficient (Wildman–Crippen LogP) is 4.98. The number of nitrogens with zero attached hydrogens (tertiary/aromatic N) is 2. The zero-order chi connectivity index (χ0) is 26.5. The smallest absolute Gasteiger partial charge is 0.298 e. The minimum Gasteiger partial charge on any atom is -0.490 e. The van der Waals surface area contributed by atoms with Crippen LogP contribution in [0.5, 0.6) is 11.6 Å². The molecule has 8 heteroatoms. The number of ketones is 1. The first-order chi connectivity index (χ1) is 18.5. The van der Waals surface area contributed by atoms with Crippen LogP contribution in [0.3, 0.4) is 0 Å². The molecule has 0 aliphatic carbocycles. The number of pyridine rings is 1. The summed E-state index contributed by atoms with van der Waals surface area (Å²) in [5.74, 6) is -0.0913. The number of ether oxygens (including phenoxy) is 3. The number of amides is 1. The van der Waals surface area contributed by atoms with Crippen molar-refractivity contribution in [1.29, 1.82) is 0 Å². The first-order valence-electron chi connectivity index (χ1n) is 12.5. The maximum absolute atomic E-state index is 13.4. The molecule has 0 spiro atoms. The molecule has 1 amide bonds. The van der Waals surface area contributed by atoms with Crippen molar-refractivity contribution in [1.82, 2.24) is 9.55 Å². The van der Waals surface area contributed by atoms with Gasteiger partial charge in [0.15, 0.2) is 0 Å². The highest BCUT2D eigenvalue weighted by Gasteiger charge is 2.28. The summed E-state index contributed by atoms with van der Waals surface area (Å²) in [6, 6.07) is 22.3. The maximum atomic E-state index is 13.4. The van der Waals surface area contributed by atoms with E-state index in [4.69, 9.17) is 14.2 Å². The lowest BCUT2D eigenvalue weighted by atomic mass is 10.0. The zero-order valence-corrected chi connectivity index (χ0v) is 21.4. The molecule has 0 fully saturated rings. The Balaban J connectivity index is 1.21. The monoisotopic (exact) mass is 511 g/mol. The highest BCUT2D eigenvalue weighted by atomic mass is 16.5. The molecule has 5 rings (SSSR count). The van der Waals surface area contributed by atoms with E-state index in [1.165, 1.54) is 0 Å². The summed E-state index contributed by atoms with van der Waals surface area (Å²) in [6.07, 6.45) is 0. The minimum absolute atomic E-state index is 0.337. The highest BCUT2D eigenvalue weighted by Crippen LogP contribution is 2.30. The van der Waals surface area contributed by atoms with Crippen molar-refractivity contribution in [2.24, 2.45) is 0 Å². The van der Waals surface area contributed by atoms with Crippen LogP contribution in [0.1, 0.15) is 27.4 Å². The van der Waals surface area contributed by atoms with Crippen LogP contribution in [0.25, 0.3) is 11.1 Å². The second-order valence-corrected chi connectivity index (χ2v) is 9.10. The normalized spacial score (nSPS) is 12.5. The molecule has 0 atom stereocenters. The molecule has 2 aromatic heterocycles. The molecular formula is C30H29N3O5. The topological polar surface area (TPSA) is 91.7 Å². The van der Waals surface area contributed by atoms with Crippen molar-refractivity contribution in [2.45, 2.75) is 27.0 Å². The summed E-state index contributed by atoms with van der Waals surface area (Å²) in [4.78, 5) is 30.7. The first kappa shape index (κ1) is 25.2. The zero-order valence-electron chi connectivity index (χ0n) is 21.4. The number of aromatic nitrogens is 2. The summed E-state index contributed by atoms with van der Waals surface area (Å²) in [5.41, 5.74) is 5.36. The van der Waals surface area contributed by atoms with Gasteiger partial charge in [0.25, 0.3) is 11.7 Å². The Kier molecular flexibility index (Phi) is 7.51. The Labute approximate surface area is 221 Å². The van der Waals surface area contributed by atoms with Crippen LogP contribution in [-0.4, -0.2) is 41.1 Å². The molecule has 4 aromatic rings. The Hall–Kier alpha value is -4.43. The van der Waals surface area contributed by atoms with Gasteiger partial charge in [-0.25, -0.2) is 4.98 Å². The number of Topliss-reactive ketones (excluding diaryl/α,β-unsaturated/α-hetero) is 1. The lowest BCUT2D eigenvalue weighted by Crippen LogP contribution is -2.28. The number of hydrogen-bond acceptors (Lipinski definition) is 6. The lowest BCUT2D eigenvalue weighted by Gasteiger charge is -2.18. The second-order valence-electron chi connectivity index (χ2n) is 9.10. The van der Waals surface area contributed by atoms with E-state index in [2.05, 4.69) is 10.3 Å². The molecule has 0 saturated carbocycles. The van der Waals surface area contributed by atoms with E-state index in [1.54, 1.807) is 24.3 Å². The number of rotatable bonds is 9. The van der Waals surface area contributed by atoms with Gasteiger partial charge < -0.3 is 24.1 Å². The fourth-order valence-electron chi connectivity index (χ4n) is 4.51. The maximum Gasteiger partial charge on any atom is 0.298 e. The van der Waals surface area contributed by atoms with Gasteiger partial charge in [-0.3, -0.25) is 9.59 Å². The van der Waals surface area contributed by atoms with Crippen LogP contribution >= 0.6 is 0 Å². The van der Waals surface area contributed by atoms with Crippen molar-refractivity contribution < 1.29 is 23.8 Å². The van der Waals surface area contributed by atoms with Crippen LogP contribution in [0.4, 0.5) is 5.69 Å². The van der Waals surface area contributed by atoms with E-state index < -0.39 is 11.7 Å². The summed E-state index contributed by atoms with van der Waals surface area (Å²) in [7, 11) is 0. The van der Waals surface area contributed by atoms with Gasteiger partial charge in [0, 0.05) is 35.2 Å². The standard InChI is InChI=1S/C30H29N3O5/c1-20-16-21(2)31-27(17-20)38-15-14-37-25-10-8-23(9-11-25)32-30(35)29(34)28-26(22-6-4-3-5-7-22)18-24-19-36-13-12-33(24)28/h3-11,16-18H,12-15,19H2,1-2H3,(H,32,35). The van der Waals surface area contributed by atoms with Crippen LogP contribution in [0, 0.1) is 13.8 Å². The van der Waals surface area contributed by atoms with Crippen molar-refractivity contribution >= 4 is 17.4 Å². The van der Waals surface area contributed by atoms with E-state index in [0.29, 0.717) is 56.0 Å². The van der Waals surface area contributed by atoms with Crippen molar-refractivity contribution in [2.75, 3.05) is 25.1 Å². The van der Waals surface area contributed by atoms with Gasteiger partial charge in [-0.15, -0.1) is 0 Å². The lowest BCUT2D eigenvalue weighted by molar-refractivity contribution is -0.112. The molecule has 194 valence electrons. The van der Waals surface area contributed by atoms with Crippen LogP contribution < -0.4 is 14.8 Å². The van der Waals surface area contributed by atoms with Gasteiger partial charge >= 0.3 is 0 Å². The molecule has 0 bridgehead atoms. The number of benzene rings is 2. The summed E-state index contributed by atoms with van der Waals surface area (Å²) >= 11 is 0. The Morgan fingerprint density at radius 3 is 2.50 bits per heavy atom. The highest BCUT2D eigenvalue weighted by molar-refractivity contribution is 6.47. The molecule has 1 aliphatic rings. The number of carbonyl (C=O) groups is 2. The van der Waals surface area contributed by atoms with Gasteiger partial charge in [-0.2, -0.15) is 0 Å². The molecule has 2 aromatic carbocycles. The molecule has 0 unspecified atom stereocenters. The number of anilines is 1. The van der Waals surface area contributed by atoms with E-state index in [9.17, 15) is 9.59 Å². The fourth-order valence-corrected chi connectivity index (χ4v) is 4.51. The van der Waals surface area contributed by atoms with Gasteiger partial charge in [0.1, 0.15) is 24.7 Å². The molecule has 1 N–H and O–H groups in total. The second kappa shape index (κ2) is 11.3. The third-order valence-corrected chi connectivity index (χ3v) is 6.19.